The van der Waals surface area contributed by atoms with Gasteiger partial charge in [0.2, 0.25) is 5.91 Å². The first kappa shape index (κ1) is 15.0. The van der Waals surface area contributed by atoms with Crippen LogP contribution in [0.1, 0.15) is 24.0 Å². The molecule has 1 aromatic rings. The van der Waals surface area contributed by atoms with Crippen LogP contribution in [0.15, 0.2) is 18.2 Å². The van der Waals surface area contributed by atoms with Gasteiger partial charge in [0.15, 0.2) is 0 Å². The molecule has 3 nitrogen and oxygen atoms in total. The number of para-hydroxylation sites is 1. The van der Waals surface area contributed by atoms with Gasteiger partial charge in [-0.15, -0.1) is 12.4 Å². The van der Waals surface area contributed by atoms with Gasteiger partial charge in [-0.1, -0.05) is 18.2 Å². The van der Waals surface area contributed by atoms with Crippen molar-refractivity contribution in [1.29, 1.82) is 0 Å². The Hall–Kier alpha value is -1.06. The first-order valence-electron chi connectivity index (χ1n) is 6.17. The predicted molar refractivity (Wildman–Crippen MR) is 77.4 cm³/mol. The van der Waals surface area contributed by atoms with Gasteiger partial charge in [0.05, 0.1) is 6.04 Å². The highest BCUT2D eigenvalue weighted by Gasteiger charge is 2.28. The van der Waals surface area contributed by atoms with Crippen molar-refractivity contribution in [2.24, 2.45) is 0 Å². The number of aryl methyl sites for hydroxylation is 2. The van der Waals surface area contributed by atoms with E-state index in [1.165, 1.54) is 0 Å². The maximum Gasteiger partial charge on any atom is 0.241 e. The summed E-state index contributed by atoms with van der Waals surface area (Å²) in [7, 11) is 2.02. The van der Waals surface area contributed by atoms with E-state index in [4.69, 9.17) is 0 Å². The Morgan fingerprint density at radius 1 is 1.33 bits per heavy atom. The SMILES string of the molecule is Cc1cccc(C)c1NC(=O)C1CCCN1C.Cl. The molecule has 0 aromatic heterocycles. The Labute approximate surface area is 115 Å². The summed E-state index contributed by atoms with van der Waals surface area (Å²) >= 11 is 0. The van der Waals surface area contributed by atoms with E-state index in [-0.39, 0.29) is 24.4 Å². The highest BCUT2D eigenvalue weighted by atomic mass is 35.5. The molecular formula is C14H21ClN2O. The number of carbonyl (C=O) groups is 1. The molecule has 100 valence electrons. The molecule has 1 aliphatic heterocycles. The monoisotopic (exact) mass is 268 g/mol. The van der Waals surface area contributed by atoms with E-state index in [1.807, 2.05) is 39.1 Å². The largest absolute Gasteiger partial charge is 0.324 e. The average Bonchev–Trinajstić information content (AvgIpc) is 2.70. The second kappa shape index (κ2) is 6.21. The first-order chi connectivity index (χ1) is 8.09. The second-order valence-electron chi connectivity index (χ2n) is 4.89. The Kier molecular flexibility index (Phi) is 5.17. The minimum absolute atomic E-state index is 0. The lowest BCUT2D eigenvalue weighted by atomic mass is 10.1. The Morgan fingerprint density at radius 2 is 1.94 bits per heavy atom. The van der Waals surface area contributed by atoms with E-state index >= 15 is 0 Å². The van der Waals surface area contributed by atoms with Gasteiger partial charge in [-0.3, -0.25) is 9.69 Å². The quantitative estimate of drug-likeness (QED) is 0.895. The smallest absolute Gasteiger partial charge is 0.241 e. The highest BCUT2D eigenvalue weighted by Crippen LogP contribution is 2.22. The standard InChI is InChI=1S/C14H20N2O.ClH/c1-10-6-4-7-11(2)13(10)15-14(17)12-8-5-9-16(12)3;/h4,6-7,12H,5,8-9H2,1-3H3,(H,15,17);1H. The Morgan fingerprint density at radius 3 is 2.44 bits per heavy atom. The molecule has 0 bridgehead atoms. The number of likely N-dealkylation sites (tertiary alicyclic amines) is 1. The molecule has 1 aromatic carbocycles. The molecule has 1 atom stereocenters. The van der Waals surface area contributed by atoms with Gasteiger partial charge in [0.1, 0.15) is 0 Å². The Balaban J connectivity index is 0.00000162. The molecule has 4 heteroatoms. The number of hydrogen-bond acceptors (Lipinski definition) is 2. The second-order valence-corrected chi connectivity index (χ2v) is 4.89. The molecule has 0 aliphatic carbocycles. The summed E-state index contributed by atoms with van der Waals surface area (Å²) in [5.74, 6) is 0.127. The van der Waals surface area contributed by atoms with Crippen LogP contribution >= 0.6 is 12.4 Å². The molecule has 0 radical (unpaired) electrons. The summed E-state index contributed by atoms with van der Waals surface area (Å²) in [6, 6.07) is 6.11. The molecule has 0 saturated carbocycles. The van der Waals surface area contributed by atoms with Crippen LogP contribution in [0.3, 0.4) is 0 Å². The van der Waals surface area contributed by atoms with E-state index in [9.17, 15) is 4.79 Å². The van der Waals surface area contributed by atoms with Crippen LogP contribution in [0.5, 0.6) is 0 Å². The number of carbonyl (C=O) groups excluding carboxylic acids is 1. The van der Waals surface area contributed by atoms with Gasteiger partial charge in [-0.2, -0.15) is 0 Å². The molecule has 2 rings (SSSR count). The lowest BCUT2D eigenvalue weighted by Gasteiger charge is -2.20. The fraction of sp³-hybridized carbons (Fsp3) is 0.500. The molecule has 1 aliphatic rings. The molecule has 1 N–H and O–H groups in total. The van der Waals surface area contributed by atoms with Crippen LogP contribution in [0.2, 0.25) is 0 Å². The summed E-state index contributed by atoms with van der Waals surface area (Å²) in [6.07, 6.45) is 2.08. The lowest BCUT2D eigenvalue weighted by molar-refractivity contribution is -0.119. The van der Waals surface area contributed by atoms with Crippen LogP contribution in [0, 0.1) is 13.8 Å². The molecule has 1 amide bonds. The van der Waals surface area contributed by atoms with Gasteiger partial charge in [0.25, 0.3) is 0 Å². The van der Waals surface area contributed by atoms with Crippen molar-refractivity contribution < 1.29 is 4.79 Å². The normalized spacial score (nSPS) is 19.4. The van der Waals surface area contributed by atoms with Crippen molar-refractivity contribution in [2.75, 3.05) is 18.9 Å². The van der Waals surface area contributed by atoms with Crippen molar-refractivity contribution >= 4 is 24.0 Å². The highest BCUT2D eigenvalue weighted by molar-refractivity contribution is 5.96. The summed E-state index contributed by atoms with van der Waals surface area (Å²) in [4.78, 5) is 14.3. The zero-order valence-corrected chi connectivity index (χ0v) is 12.0. The maximum atomic E-state index is 12.2. The molecular weight excluding hydrogens is 248 g/mol. The van der Waals surface area contributed by atoms with Crippen molar-refractivity contribution in [1.82, 2.24) is 4.90 Å². The number of benzene rings is 1. The van der Waals surface area contributed by atoms with Crippen molar-refractivity contribution in [2.45, 2.75) is 32.7 Å². The lowest BCUT2D eigenvalue weighted by Crippen LogP contribution is -2.37. The number of amides is 1. The van der Waals surface area contributed by atoms with Gasteiger partial charge in [-0.25, -0.2) is 0 Å². The van der Waals surface area contributed by atoms with E-state index in [0.717, 1.165) is 36.2 Å². The number of nitrogens with one attached hydrogen (secondary N) is 1. The van der Waals surface area contributed by atoms with Crippen LogP contribution in [0.25, 0.3) is 0 Å². The number of anilines is 1. The fourth-order valence-electron chi connectivity index (χ4n) is 2.46. The van der Waals surface area contributed by atoms with E-state index < -0.39 is 0 Å². The predicted octanol–water partition coefficient (Wildman–Crippen LogP) is 2.76. The maximum absolute atomic E-state index is 12.2. The third-order valence-corrected chi connectivity index (χ3v) is 3.55. The molecule has 1 unspecified atom stereocenters. The third-order valence-electron chi connectivity index (χ3n) is 3.55. The zero-order valence-electron chi connectivity index (χ0n) is 11.2. The van der Waals surface area contributed by atoms with Crippen LogP contribution in [-0.2, 0) is 4.79 Å². The van der Waals surface area contributed by atoms with Gasteiger partial charge in [0, 0.05) is 5.69 Å². The minimum Gasteiger partial charge on any atom is -0.324 e. The zero-order chi connectivity index (χ0) is 12.4. The topological polar surface area (TPSA) is 32.3 Å². The summed E-state index contributed by atoms with van der Waals surface area (Å²) < 4.78 is 0. The van der Waals surface area contributed by atoms with Crippen LogP contribution < -0.4 is 5.32 Å². The minimum atomic E-state index is 0. The molecule has 1 saturated heterocycles. The molecule has 1 fully saturated rings. The molecule has 0 spiro atoms. The number of likely N-dealkylation sites (N-methyl/N-ethyl adjacent to an activating group) is 1. The van der Waals surface area contributed by atoms with E-state index in [2.05, 4.69) is 10.2 Å². The number of halogens is 1. The van der Waals surface area contributed by atoms with Gasteiger partial charge in [-0.05, 0) is 51.4 Å². The van der Waals surface area contributed by atoms with E-state index in [0.29, 0.717) is 0 Å². The fourth-order valence-corrected chi connectivity index (χ4v) is 2.46. The van der Waals surface area contributed by atoms with Crippen LogP contribution in [-0.4, -0.2) is 30.4 Å². The summed E-state index contributed by atoms with van der Waals surface area (Å²) in [5, 5.41) is 3.07. The number of nitrogens with zero attached hydrogens (tertiary/aromatic N) is 1. The average molecular weight is 269 g/mol. The summed E-state index contributed by atoms with van der Waals surface area (Å²) in [6.45, 7) is 5.08. The van der Waals surface area contributed by atoms with Gasteiger partial charge >= 0.3 is 0 Å². The van der Waals surface area contributed by atoms with Gasteiger partial charge < -0.3 is 5.32 Å². The Bertz CT molecular complexity index is 414. The van der Waals surface area contributed by atoms with E-state index in [1.54, 1.807) is 0 Å². The van der Waals surface area contributed by atoms with Crippen molar-refractivity contribution in [3.8, 4) is 0 Å². The molecule has 18 heavy (non-hydrogen) atoms. The van der Waals surface area contributed by atoms with Crippen molar-refractivity contribution in [3.63, 3.8) is 0 Å². The number of hydrogen-bond donors (Lipinski definition) is 1. The third kappa shape index (κ3) is 3.03. The summed E-state index contributed by atoms with van der Waals surface area (Å²) in [5.41, 5.74) is 3.22. The van der Waals surface area contributed by atoms with Crippen molar-refractivity contribution in [3.05, 3.63) is 29.3 Å². The van der Waals surface area contributed by atoms with Crippen LogP contribution in [0.4, 0.5) is 5.69 Å². The molecule has 1 heterocycles. The first-order valence-corrected chi connectivity index (χ1v) is 6.17. The number of rotatable bonds is 2.